The van der Waals surface area contributed by atoms with Gasteiger partial charge in [0.05, 0.1) is 11.2 Å². The molecule has 1 aliphatic carbocycles. The standard InChI is InChI=1S/C20H18ClN3/c1-13(2)22-23-19-10-9-16-18(14-5-7-15(21)8-6-14)12-24-11-3-4-17(19)20(16)24/h3-8,11-12H,9-10H2,1-2H3/b23-19-. The van der Waals surface area contributed by atoms with E-state index >= 15 is 0 Å². The van der Waals surface area contributed by atoms with E-state index in [1.165, 1.54) is 27.8 Å². The maximum absolute atomic E-state index is 6.03. The third-order valence-electron chi connectivity index (χ3n) is 4.35. The Kier molecular flexibility index (Phi) is 3.73. The largest absolute Gasteiger partial charge is 0.322 e. The van der Waals surface area contributed by atoms with Crippen molar-refractivity contribution in [2.45, 2.75) is 26.7 Å². The van der Waals surface area contributed by atoms with Gasteiger partial charge in [0.1, 0.15) is 0 Å². The fraction of sp³-hybridized carbons (Fsp3) is 0.200. The predicted molar refractivity (Wildman–Crippen MR) is 101 cm³/mol. The Morgan fingerprint density at radius 2 is 1.83 bits per heavy atom. The molecule has 120 valence electrons. The molecule has 3 aromatic rings. The molecule has 4 rings (SSSR count). The molecule has 1 aliphatic rings. The quantitative estimate of drug-likeness (QED) is 0.444. The summed E-state index contributed by atoms with van der Waals surface area (Å²) >= 11 is 6.03. The summed E-state index contributed by atoms with van der Waals surface area (Å²) in [5, 5.41) is 9.50. The Labute approximate surface area is 146 Å². The van der Waals surface area contributed by atoms with Crippen LogP contribution in [-0.4, -0.2) is 15.8 Å². The Hall–Kier alpha value is -2.39. The van der Waals surface area contributed by atoms with E-state index in [0.717, 1.165) is 29.3 Å². The minimum absolute atomic E-state index is 0.763. The molecule has 2 aromatic heterocycles. The predicted octanol–water partition coefficient (Wildman–Crippen LogP) is 5.39. The molecule has 0 atom stereocenters. The molecule has 0 fully saturated rings. The molecule has 0 saturated carbocycles. The number of halogens is 1. The summed E-state index contributed by atoms with van der Waals surface area (Å²) in [6, 6.07) is 12.3. The van der Waals surface area contributed by atoms with Gasteiger partial charge in [0.15, 0.2) is 0 Å². The number of hydrogen-bond donors (Lipinski definition) is 0. The molecule has 0 radical (unpaired) electrons. The summed E-state index contributed by atoms with van der Waals surface area (Å²) in [5.74, 6) is 0. The molecule has 0 N–H and O–H groups in total. The van der Waals surface area contributed by atoms with E-state index in [0.29, 0.717) is 0 Å². The van der Waals surface area contributed by atoms with Gasteiger partial charge in [0, 0.05) is 34.3 Å². The van der Waals surface area contributed by atoms with Crippen LogP contribution in [0.5, 0.6) is 0 Å². The topological polar surface area (TPSA) is 29.1 Å². The molecule has 4 heteroatoms. The number of aromatic nitrogens is 1. The van der Waals surface area contributed by atoms with Crippen LogP contribution in [0.3, 0.4) is 0 Å². The number of rotatable bonds is 2. The molecule has 2 heterocycles. The van der Waals surface area contributed by atoms with Crippen molar-refractivity contribution in [2.24, 2.45) is 10.2 Å². The number of hydrogen-bond acceptors (Lipinski definition) is 2. The van der Waals surface area contributed by atoms with Gasteiger partial charge >= 0.3 is 0 Å². The van der Waals surface area contributed by atoms with Crippen LogP contribution in [0.1, 0.15) is 31.4 Å². The molecule has 0 saturated heterocycles. The van der Waals surface area contributed by atoms with Crippen molar-refractivity contribution in [1.29, 1.82) is 0 Å². The number of benzene rings is 1. The maximum atomic E-state index is 6.03. The summed E-state index contributed by atoms with van der Waals surface area (Å²) in [6.45, 7) is 3.93. The lowest BCUT2D eigenvalue weighted by Crippen LogP contribution is -2.11. The second-order valence-corrected chi connectivity index (χ2v) is 6.74. The zero-order chi connectivity index (χ0) is 16.7. The number of aryl methyl sites for hydroxylation is 1. The molecular formula is C20H18ClN3. The first-order valence-electron chi connectivity index (χ1n) is 8.10. The molecule has 0 unspecified atom stereocenters. The average Bonchev–Trinajstić information content (AvgIpc) is 2.95. The van der Waals surface area contributed by atoms with Gasteiger partial charge in [-0.05, 0) is 62.1 Å². The lowest BCUT2D eigenvalue weighted by molar-refractivity contribution is 1.01. The normalized spacial score (nSPS) is 15.0. The Morgan fingerprint density at radius 3 is 2.58 bits per heavy atom. The lowest BCUT2D eigenvalue weighted by Gasteiger charge is -2.16. The van der Waals surface area contributed by atoms with E-state index in [1.54, 1.807) is 0 Å². The average molecular weight is 336 g/mol. The molecule has 3 nitrogen and oxygen atoms in total. The highest BCUT2D eigenvalue weighted by Crippen LogP contribution is 2.35. The first-order chi connectivity index (χ1) is 11.6. The fourth-order valence-corrected chi connectivity index (χ4v) is 3.43. The van der Waals surface area contributed by atoms with Gasteiger partial charge in [-0.25, -0.2) is 0 Å². The number of nitrogens with zero attached hydrogens (tertiary/aromatic N) is 3. The van der Waals surface area contributed by atoms with Gasteiger partial charge < -0.3 is 4.40 Å². The highest BCUT2D eigenvalue weighted by Gasteiger charge is 2.22. The SMILES string of the molecule is CC(C)=N/N=C1/CCc2c(-c3ccc(Cl)cc3)cn3cccc1c23. The monoisotopic (exact) mass is 335 g/mol. The summed E-state index contributed by atoms with van der Waals surface area (Å²) in [7, 11) is 0. The van der Waals surface area contributed by atoms with E-state index in [4.69, 9.17) is 11.6 Å². The van der Waals surface area contributed by atoms with E-state index in [1.807, 2.05) is 26.0 Å². The van der Waals surface area contributed by atoms with Crippen LogP contribution in [0.25, 0.3) is 16.6 Å². The highest BCUT2D eigenvalue weighted by molar-refractivity contribution is 6.30. The summed E-state index contributed by atoms with van der Waals surface area (Å²) in [5.41, 5.74) is 8.32. The van der Waals surface area contributed by atoms with Crippen LogP contribution >= 0.6 is 11.6 Å². The first-order valence-corrected chi connectivity index (χ1v) is 8.48. The van der Waals surface area contributed by atoms with E-state index in [9.17, 15) is 0 Å². The lowest BCUT2D eigenvalue weighted by atomic mass is 9.91. The highest BCUT2D eigenvalue weighted by atomic mass is 35.5. The molecular weight excluding hydrogens is 318 g/mol. The summed E-state index contributed by atoms with van der Waals surface area (Å²) in [4.78, 5) is 0. The van der Waals surface area contributed by atoms with Crippen molar-refractivity contribution in [1.82, 2.24) is 4.40 Å². The smallest absolute Gasteiger partial charge is 0.0727 e. The van der Waals surface area contributed by atoms with E-state index in [2.05, 4.69) is 51.3 Å². The molecule has 1 aromatic carbocycles. The van der Waals surface area contributed by atoms with Crippen molar-refractivity contribution in [3.8, 4) is 11.1 Å². The van der Waals surface area contributed by atoms with Crippen LogP contribution in [0.2, 0.25) is 5.02 Å². The molecule has 0 bridgehead atoms. The van der Waals surface area contributed by atoms with Gasteiger partial charge in [0.25, 0.3) is 0 Å². The van der Waals surface area contributed by atoms with Crippen LogP contribution in [0.4, 0.5) is 0 Å². The van der Waals surface area contributed by atoms with Gasteiger partial charge in [0.2, 0.25) is 0 Å². The Balaban J connectivity index is 1.92. The molecule has 0 aliphatic heterocycles. The van der Waals surface area contributed by atoms with Crippen LogP contribution in [0.15, 0.2) is 59.0 Å². The minimum Gasteiger partial charge on any atom is -0.322 e. The van der Waals surface area contributed by atoms with Crippen LogP contribution < -0.4 is 0 Å². The molecule has 0 spiro atoms. The Bertz CT molecular complexity index is 974. The van der Waals surface area contributed by atoms with Gasteiger partial charge in [-0.2, -0.15) is 10.2 Å². The van der Waals surface area contributed by atoms with Gasteiger partial charge in [-0.1, -0.05) is 23.7 Å². The van der Waals surface area contributed by atoms with Gasteiger partial charge in [-0.15, -0.1) is 0 Å². The molecule has 0 amide bonds. The van der Waals surface area contributed by atoms with Gasteiger partial charge in [-0.3, -0.25) is 0 Å². The summed E-state index contributed by atoms with van der Waals surface area (Å²) < 4.78 is 2.20. The third-order valence-corrected chi connectivity index (χ3v) is 4.60. The van der Waals surface area contributed by atoms with Crippen LogP contribution in [-0.2, 0) is 6.42 Å². The van der Waals surface area contributed by atoms with E-state index < -0.39 is 0 Å². The van der Waals surface area contributed by atoms with E-state index in [-0.39, 0.29) is 0 Å². The maximum Gasteiger partial charge on any atom is 0.0727 e. The second kappa shape index (κ2) is 5.91. The fourth-order valence-electron chi connectivity index (χ4n) is 3.30. The summed E-state index contributed by atoms with van der Waals surface area (Å²) in [6.07, 6.45) is 6.18. The number of pyridine rings is 1. The zero-order valence-corrected chi connectivity index (χ0v) is 14.5. The zero-order valence-electron chi connectivity index (χ0n) is 13.8. The van der Waals surface area contributed by atoms with Crippen molar-refractivity contribution < 1.29 is 0 Å². The Morgan fingerprint density at radius 1 is 1.04 bits per heavy atom. The first kappa shape index (κ1) is 15.2. The second-order valence-electron chi connectivity index (χ2n) is 6.30. The minimum atomic E-state index is 0.763. The van der Waals surface area contributed by atoms with Crippen molar-refractivity contribution in [3.05, 3.63) is 64.9 Å². The molecule has 24 heavy (non-hydrogen) atoms. The third kappa shape index (κ3) is 2.55. The van der Waals surface area contributed by atoms with Crippen molar-refractivity contribution in [2.75, 3.05) is 0 Å². The van der Waals surface area contributed by atoms with Crippen molar-refractivity contribution in [3.63, 3.8) is 0 Å². The van der Waals surface area contributed by atoms with Crippen LogP contribution in [0, 0.1) is 0 Å². The van der Waals surface area contributed by atoms with Crippen molar-refractivity contribution >= 4 is 28.5 Å².